The molecule has 0 amide bonds. The Morgan fingerprint density at radius 2 is 2.00 bits per heavy atom. The minimum absolute atomic E-state index is 0.465. The molecule has 16 heavy (non-hydrogen) atoms. The van der Waals surface area contributed by atoms with Crippen molar-refractivity contribution in [3.8, 4) is 5.75 Å². The van der Waals surface area contributed by atoms with E-state index >= 15 is 0 Å². The summed E-state index contributed by atoms with van der Waals surface area (Å²) in [4.78, 5) is 0. The molecule has 0 atom stereocenters. The third-order valence-corrected chi connectivity index (χ3v) is 2.98. The van der Waals surface area contributed by atoms with Crippen LogP contribution in [0.5, 0.6) is 5.75 Å². The molecule has 3 nitrogen and oxygen atoms in total. The number of nitrogens with one attached hydrogen (secondary N) is 1. The van der Waals surface area contributed by atoms with Crippen LogP contribution in [0.15, 0.2) is 30.3 Å². The van der Waals surface area contributed by atoms with Gasteiger partial charge in [0.05, 0.1) is 6.10 Å². The maximum atomic E-state index is 5.58. The van der Waals surface area contributed by atoms with Gasteiger partial charge < -0.3 is 14.8 Å². The predicted octanol–water partition coefficient (Wildman–Crippen LogP) is 1.83. The first-order valence-corrected chi connectivity index (χ1v) is 5.82. The molecule has 0 unspecified atom stereocenters. The molecule has 1 saturated carbocycles. The van der Waals surface area contributed by atoms with Crippen LogP contribution in [0.4, 0.5) is 0 Å². The van der Waals surface area contributed by atoms with Gasteiger partial charge in [0.15, 0.2) is 0 Å². The average molecular weight is 221 g/mol. The lowest BCUT2D eigenvalue weighted by atomic mass is 9.89. The van der Waals surface area contributed by atoms with Gasteiger partial charge in [-0.3, -0.25) is 0 Å². The maximum absolute atomic E-state index is 5.58. The van der Waals surface area contributed by atoms with Crippen molar-refractivity contribution in [1.82, 2.24) is 5.32 Å². The lowest BCUT2D eigenvalue weighted by Gasteiger charge is -2.34. The number of hydrogen-bond donors (Lipinski definition) is 1. The Morgan fingerprint density at radius 1 is 1.25 bits per heavy atom. The van der Waals surface area contributed by atoms with Crippen molar-refractivity contribution < 1.29 is 9.47 Å². The van der Waals surface area contributed by atoms with E-state index in [0.29, 0.717) is 12.1 Å². The second-order valence-corrected chi connectivity index (χ2v) is 4.14. The van der Waals surface area contributed by atoms with Crippen molar-refractivity contribution in [2.75, 3.05) is 20.3 Å². The van der Waals surface area contributed by atoms with Crippen LogP contribution < -0.4 is 10.1 Å². The monoisotopic (exact) mass is 221 g/mol. The van der Waals surface area contributed by atoms with Crippen LogP contribution in [-0.2, 0) is 4.74 Å². The molecule has 3 heteroatoms. The highest BCUT2D eigenvalue weighted by Gasteiger charge is 2.27. The van der Waals surface area contributed by atoms with Crippen molar-refractivity contribution in [3.05, 3.63) is 30.3 Å². The summed E-state index contributed by atoms with van der Waals surface area (Å²) in [6.07, 6.45) is 2.72. The summed E-state index contributed by atoms with van der Waals surface area (Å²) >= 11 is 0. The quantitative estimate of drug-likeness (QED) is 0.743. The second kappa shape index (κ2) is 5.87. The number of methoxy groups -OCH3 is 1. The van der Waals surface area contributed by atoms with Gasteiger partial charge in [0.25, 0.3) is 0 Å². The van der Waals surface area contributed by atoms with Crippen molar-refractivity contribution in [2.45, 2.75) is 25.0 Å². The van der Waals surface area contributed by atoms with E-state index in [1.807, 2.05) is 30.3 Å². The minimum Gasteiger partial charge on any atom is -0.492 e. The van der Waals surface area contributed by atoms with E-state index < -0.39 is 0 Å². The Bertz CT molecular complexity index is 296. The van der Waals surface area contributed by atoms with Gasteiger partial charge >= 0.3 is 0 Å². The summed E-state index contributed by atoms with van der Waals surface area (Å²) in [5, 5.41) is 3.45. The SMILES string of the molecule is COC1CC(NCCOc2ccccc2)C1. The van der Waals surface area contributed by atoms with Crippen molar-refractivity contribution in [2.24, 2.45) is 0 Å². The highest BCUT2D eigenvalue weighted by atomic mass is 16.5. The van der Waals surface area contributed by atoms with Gasteiger partial charge in [-0.1, -0.05) is 18.2 Å². The molecular weight excluding hydrogens is 202 g/mol. The fraction of sp³-hybridized carbons (Fsp3) is 0.538. The Labute approximate surface area is 96.8 Å². The minimum atomic E-state index is 0.465. The van der Waals surface area contributed by atoms with Crippen molar-refractivity contribution in [3.63, 3.8) is 0 Å². The largest absolute Gasteiger partial charge is 0.492 e. The predicted molar refractivity (Wildman–Crippen MR) is 63.8 cm³/mol. The third kappa shape index (κ3) is 3.22. The molecule has 0 saturated heterocycles. The van der Waals surface area contributed by atoms with E-state index in [4.69, 9.17) is 9.47 Å². The highest BCUT2D eigenvalue weighted by Crippen LogP contribution is 2.22. The van der Waals surface area contributed by atoms with Gasteiger partial charge in [0, 0.05) is 19.7 Å². The fourth-order valence-corrected chi connectivity index (χ4v) is 1.87. The first-order chi connectivity index (χ1) is 7.88. The Morgan fingerprint density at radius 3 is 2.69 bits per heavy atom. The van der Waals surface area contributed by atoms with E-state index in [-0.39, 0.29) is 0 Å². The highest BCUT2D eigenvalue weighted by molar-refractivity contribution is 5.20. The Hall–Kier alpha value is -1.06. The zero-order valence-electron chi connectivity index (χ0n) is 9.69. The van der Waals surface area contributed by atoms with Gasteiger partial charge in [0.1, 0.15) is 12.4 Å². The summed E-state index contributed by atoms with van der Waals surface area (Å²) in [6, 6.07) is 10.5. The molecule has 88 valence electrons. The van der Waals surface area contributed by atoms with Gasteiger partial charge in [-0.05, 0) is 25.0 Å². The summed E-state index contributed by atoms with van der Waals surface area (Å²) in [5.41, 5.74) is 0. The standard InChI is InChI=1S/C13H19NO2/c1-15-13-9-11(10-13)14-7-8-16-12-5-3-2-4-6-12/h2-6,11,13-14H,7-10H2,1H3. The van der Waals surface area contributed by atoms with Crippen LogP contribution in [0, 0.1) is 0 Å². The van der Waals surface area contributed by atoms with Crippen molar-refractivity contribution >= 4 is 0 Å². The molecule has 0 aromatic heterocycles. The average Bonchev–Trinajstić information content (AvgIpc) is 2.28. The zero-order chi connectivity index (χ0) is 11.2. The molecule has 1 fully saturated rings. The van der Waals surface area contributed by atoms with Crippen LogP contribution >= 0.6 is 0 Å². The zero-order valence-corrected chi connectivity index (χ0v) is 9.69. The Kier molecular flexibility index (Phi) is 4.19. The van der Waals surface area contributed by atoms with E-state index in [1.54, 1.807) is 7.11 Å². The van der Waals surface area contributed by atoms with Gasteiger partial charge in [-0.15, -0.1) is 0 Å². The molecular formula is C13H19NO2. The molecule has 1 aromatic carbocycles. The first kappa shape index (κ1) is 11.4. The topological polar surface area (TPSA) is 30.5 Å². The fourth-order valence-electron chi connectivity index (χ4n) is 1.87. The van der Waals surface area contributed by atoms with Crippen LogP contribution in [0.3, 0.4) is 0 Å². The smallest absolute Gasteiger partial charge is 0.119 e. The maximum Gasteiger partial charge on any atom is 0.119 e. The van der Waals surface area contributed by atoms with Crippen molar-refractivity contribution in [1.29, 1.82) is 0 Å². The number of para-hydroxylation sites is 1. The molecule has 0 aliphatic heterocycles. The second-order valence-electron chi connectivity index (χ2n) is 4.14. The molecule has 1 aliphatic rings. The number of rotatable bonds is 6. The normalized spacial score (nSPS) is 23.8. The van der Waals surface area contributed by atoms with Crippen LogP contribution in [-0.4, -0.2) is 32.4 Å². The van der Waals surface area contributed by atoms with E-state index in [2.05, 4.69) is 5.32 Å². The Balaban J connectivity index is 1.53. The lowest BCUT2D eigenvalue weighted by Crippen LogP contribution is -2.46. The molecule has 0 bridgehead atoms. The van der Waals surface area contributed by atoms with Crippen LogP contribution in [0.1, 0.15) is 12.8 Å². The molecule has 0 spiro atoms. The lowest BCUT2D eigenvalue weighted by molar-refractivity contribution is 0.0167. The van der Waals surface area contributed by atoms with Gasteiger partial charge in [0.2, 0.25) is 0 Å². The van der Waals surface area contributed by atoms with E-state index in [1.165, 1.54) is 0 Å². The van der Waals surface area contributed by atoms with Crippen LogP contribution in [0.2, 0.25) is 0 Å². The molecule has 1 aromatic rings. The molecule has 2 rings (SSSR count). The van der Waals surface area contributed by atoms with E-state index in [9.17, 15) is 0 Å². The summed E-state index contributed by atoms with van der Waals surface area (Å²) in [7, 11) is 1.78. The first-order valence-electron chi connectivity index (χ1n) is 5.82. The molecule has 1 N–H and O–H groups in total. The summed E-state index contributed by atoms with van der Waals surface area (Å²) < 4.78 is 10.8. The van der Waals surface area contributed by atoms with Crippen LogP contribution in [0.25, 0.3) is 0 Å². The molecule has 0 heterocycles. The van der Waals surface area contributed by atoms with Gasteiger partial charge in [-0.25, -0.2) is 0 Å². The summed E-state index contributed by atoms with van der Waals surface area (Å²) in [6.45, 7) is 1.62. The number of benzene rings is 1. The van der Waals surface area contributed by atoms with Gasteiger partial charge in [-0.2, -0.15) is 0 Å². The van der Waals surface area contributed by atoms with E-state index in [0.717, 1.165) is 31.7 Å². The summed E-state index contributed by atoms with van der Waals surface area (Å²) in [5.74, 6) is 0.938. The third-order valence-electron chi connectivity index (χ3n) is 2.98. The number of hydrogen-bond acceptors (Lipinski definition) is 3. The number of ether oxygens (including phenoxy) is 2. The molecule has 1 aliphatic carbocycles. The molecule has 0 radical (unpaired) electrons.